The van der Waals surface area contributed by atoms with Gasteiger partial charge in [0.1, 0.15) is 0 Å². The van der Waals surface area contributed by atoms with E-state index in [1.165, 1.54) is 5.56 Å². The van der Waals surface area contributed by atoms with Crippen molar-refractivity contribution in [2.24, 2.45) is 5.92 Å². The quantitative estimate of drug-likeness (QED) is 0.827. The smallest absolute Gasteiger partial charge is 0.251 e. The third-order valence-electron chi connectivity index (χ3n) is 4.26. The highest BCUT2D eigenvalue weighted by Gasteiger charge is 2.22. The van der Waals surface area contributed by atoms with E-state index in [0.717, 1.165) is 39.3 Å². The van der Waals surface area contributed by atoms with Crippen LogP contribution in [0.5, 0.6) is 0 Å². The minimum atomic E-state index is -0.0456. The topological polar surface area (TPSA) is 44.8 Å². The molecule has 134 valence electrons. The summed E-state index contributed by atoms with van der Waals surface area (Å²) in [5.41, 5.74) is 1.91. The Morgan fingerprint density at radius 3 is 2.71 bits per heavy atom. The van der Waals surface area contributed by atoms with Gasteiger partial charge in [-0.05, 0) is 30.7 Å². The summed E-state index contributed by atoms with van der Waals surface area (Å²) >= 11 is 0. The molecule has 5 nitrogen and oxygen atoms in total. The minimum absolute atomic E-state index is 0.0456. The first-order valence-corrected chi connectivity index (χ1v) is 8.81. The van der Waals surface area contributed by atoms with Gasteiger partial charge < -0.3 is 10.1 Å². The first-order valence-electron chi connectivity index (χ1n) is 8.81. The van der Waals surface area contributed by atoms with E-state index >= 15 is 0 Å². The van der Waals surface area contributed by atoms with Crippen molar-refractivity contribution in [2.45, 2.75) is 26.5 Å². The van der Waals surface area contributed by atoms with Crippen molar-refractivity contribution in [3.8, 4) is 0 Å². The Kier molecular flexibility index (Phi) is 7.21. The Balaban J connectivity index is 1.82. The number of benzene rings is 1. The normalized spacial score (nSPS) is 19.0. The minimum Gasteiger partial charge on any atom is -0.374 e. The van der Waals surface area contributed by atoms with Gasteiger partial charge >= 0.3 is 0 Å². The number of carbonyl (C=O) groups is 1. The Morgan fingerprint density at radius 1 is 1.38 bits per heavy atom. The second-order valence-corrected chi connectivity index (χ2v) is 7.12. The van der Waals surface area contributed by atoms with Crippen molar-refractivity contribution in [1.29, 1.82) is 0 Å². The van der Waals surface area contributed by atoms with Gasteiger partial charge in [-0.3, -0.25) is 14.6 Å². The molecule has 1 heterocycles. The van der Waals surface area contributed by atoms with Crippen LogP contribution in [0.1, 0.15) is 29.8 Å². The third kappa shape index (κ3) is 5.89. The molecule has 0 radical (unpaired) electrons. The zero-order valence-corrected chi connectivity index (χ0v) is 15.4. The van der Waals surface area contributed by atoms with Crippen LogP contribution in [0, 0.1) is 5.92 Å². The zero-order chi connectivity index (χ0) is 17.5. The molecule has 1 aromatic rings. The number of rotatable bonds is 7. The number of ether oxygens (including phenoxy) is 1. The highest BCUT2D eigenvalue weighted by molar-refractivity contribution is 5.93. The standard InChI is InChI=1S/C19H31N3O2/c1-15(2)11-22-9-10-24-18(14-22)13-21(4)12-16-5-7-17(8-6-16)19(23)20-3/h5-8,15,18H,9-14H2,1-4H3,(H,20,23)/t18-/m1/s1. The van der Waals surface area contributed by atoms with E-state index in [1.807, 2.05) is 24.3 Å². The number of hydrogen-bond donors (Lipinski definition) is 1. The van der Waals surface area contributed by atoms with Crippen LogP contribution in [-0.4, -0.2) is 68.7 Å². The first kappa shape index (κ1) is 18.9. The Labute approximate surface area is 146 Å². The average Bonchev–Trinajstić information content (AvgIpc) is 2.54. The van der Waals surface area contributed by atoms with Crippen molar-refractivity contribution < 1.29 is 9.53 Å². The number of amides is 1. The lowest BCUT2D eigenvalue weighted by Crippen LogP contribution is -2.47. The van der Waals surface area contributed by atoms with Crippen LogP contribution in [-0.2, 0) is 11.3 Å². The van der Waals surface area contributed by atoms with Crippen LogP contribution in [0.3, 0.4) is 0 Å². The molecule has 1 aliphatic heterocycles. The summed E-state index contributed by atoms with van der Waals surface area (Å²) in [5.74, 6) is 0.649. The highest BCUT2D eigenvalue weighted by atomic mass is 16.5. The molecule has 0 bridgehead atoms. The van der Waals surface area contributed by atoms with Gasteiger partial charge in [-0.2, -0.15) is 0 Å². The number of nitrogens with one attached hydrogen (secondary N) is 1. The molecule has 1 aliphatic rings. The van der Waals surface area contributed by atoms with Crippen molar-refractivity contribution >= 4 is 5.91 Å². The van der Waals surface area contributed by atoms with Gasteiger partial charge in [0, 0.05) is 45.3 Å². The molecular formula is C19H31N3O2. The molecule has 1 atom stereocenters. The van der Waals surface area contributed by atoms with E-state index < -0.39 is 0 Å². The van der Waals surface area contributed by atoms with E-state index in [9.17, 15) is 4.79 Å². The maximum absolute atomic E-state index is 11.6. The van der Waals surface area contributed by atoms with Gasteiger partial charge in [-0.1, -0.05) is 26.0 Å². The van der Waals surface area contributed by atoms with Gasteiger partial charge in [0.05, 0.1) is 12.7 Å². The number of nitrogens with zero attached hydrogens (tertiary/aromatic N) is 2. The largest absolute Gasteiger partial charge is 0.374 e. The summed E-state index contributed by atoms with van der Waals surface area (Å²) in [6.07, 6.45) is 0.271. The SMILES string of the molecule is CNC(=O)c1ccc(CN(C)C[C@@H]2CN(CC(C)C)CCO2)cc1. The van der Waals surface area contributed by atoms with E-state index in [0.29, 0.717) is 11.5 Å². The second kappa shape index (κ2) is 9.16. The fourth-order valence-electron chi connectivity index (χ4n) is 3.20. The number of carbonyl (C=O) groups excluding carboxylic acids is 1. The molecule has 0 unspecified atom stereocenters. The van der Waals surface area contributed by atoms with Crippen LogP contribution in [0.2, 0.25) is 0 Å². The van der Waals surface area contributed by atoms with Crippen LogP contribution < -0.4 is 5.32 Å². The van der Waals surface area contributed by atoms with Gasteiger partial charge in [0.15, 0.2) is 0 Å². The Hall–Kier alpha value is -1.43. The lowest BCUT2D eigenvalue weighted by Gasteiger charge is -2.35. The second-order valence-electron chi connectivity index (χ2n) is 7.12. The van der Waals surface area contributed by atoms with Crippen molar-refractivity contribution in [3.63, 3.8) is 0 Å². The molecular weight excluding hydrogens is 302 g/mol. The van der Waals surface area contributed by atoms with Gasteiger partial charge in [0.2, 0.25) is 0 Å². The van der Waals surface area contributed by atoms with Crippen molar-refractivity contribution in [3.05, 3.63) is 35.4 Å². The third-order valence-corrected chi connectivity index (χ3v) is 4.26. The van der Waals surface area contributed by atoms with Gasteiger partial charge in [0.25, 0.3) is 5.91 Å². The van der Waals surface area contributed by atoms with E-state index in [-0.39, 0.29) is 12.0 Å². The summed E-state index contributed by atoms with van der Waals surface area (Å²) < 4.78 is 5.93. The number of hydrogen-bond acceptors (Lipinski definition) is 4. The molecule has 0 saturated carbocycles. The molecule has 1 fully saturated rings. The maximum atomic E-state index is 11.6. The maximum Gasteiger partial charge on any atom is 0.251 e. The molecule has 2 rings (SSSR count). The van der Waals surface area contributed by atoms with Crippen molar-refractivity contribution in [1.82, 2.24) is 15.1 Å². The molecule has 1 N–H and O–H groups in total. The summed E-state index contributed by atoms with van der Waals surface area (Å²) in [6, 6.07) is 7.80. The molecule has 24 heavy (non-hydrogen) atoms. The molecule has 1 aromatic carbocycles. The van der Waals surface area contributed by atoms with Gasteiger partial charge in [-0.25, -0.2) is 0 Å². The highest BCUT2D eigenvalue weighted by Crippen LogP contribution is 2.11. The predicted molar refractivity (Wildman–Crippen MR) is 97.2 cm³/mol. The fourth-order valence-corrected chi connectivity index (χ4v) is 3.20. The predicted octanol–water partition coefficient (Wildman–Crippen LogP) is 1.83. The van der Waals surface area contributed by atoms with Crippen molar-refractivity contribution in [2.75, 3.05) is 46.9 Å². The van der Waals surface area contributed by atoms with E-state index in [1.54, 1.807) is 7.05 Å². The van der Waals surface area contributed by atoms with Crippen LogP contribution in [0.25, 0.3) is 0 Å². The first-order chi connectivity index (χ1) is 11.5. The molecule has 0 spiro atoms. The Morgan fingerprint density at radius 2 is 2.08 bits per heavy atom. The molecule has 1 saturated heterocycles. The van der Waals surface area contributed by atoms with Crippen LogP contribution in [0.15, 0.2) is 24.3 Å². The van der Waals surface area contributed by atoms with Gasteiger partial charge in [-0.15, -0.1) is 0 Å². The summed E-state index contributed by atoms with van der Waals surface area (Å²) in [7, 11) is 3.77. The van der Waals surface area contributed by atoms with Crippen LogP contribution in [0.4, 0.5) is 0 Å². The zero-order valence-electron chi connectivity index (χ0n) is 15.4. The summed E-state index contributed by atoms with van der Waals surface area (Å²) in [5, 5.41) is 2.64. The average molecular weight is 333 g/mol. The van der Waals surface area contributed by atoms with E-state index in [2.05, 4.69) is 36.0 Å². The monoisotopic (exact) mass is 333 g/mol. The van der Waals surface area contributed by atoms with E-state index in [4.69, 9.17) is 4.74 Å². The molecule has 5 heteroatoms. The lowest BCUT2D eigenvalue weighted by molar-refractivity contribution is -0.0440. The summed E-state index contributed by atoms with van der Waals surface area (Å²) in [4.78, 5) is 16.4. The summed E-state index contributed by atoms with van der Waals surface area (Å²) in [6.45, 7) is 10.3. The molecule has 1 amide bonds. The molecule has 0 aliphatic carbocycles. The van der Waals surface area contributed by atoms with Crippen LogP contribution >= 0.6 is 0 Å². The fraction of sp³-hybridized carbons (Fsp3) is 0.632. The lowest BCUT2D eigenvalue weighted by atomic mass is 10.1. The molecule has 0 aromatic heterocycles. The number of morpholine rings is 1. The number of likely N-dealkylation sites (N-methyl/N-ethyl adjacent to an activating group) is 1. The Bertz CT molecular complexity index is 516.